The average Bonchev–Trinajstić information content (AvgIpc) is 2.53. The van der Waals surface area contributed by atoms with Crippen molar-refractivity contribution >= 4 is 40.1 Å². The van der Waals surface area contributed by atoms with E-state index in [-0.39, 0.29) is 36.2 Å². The second-order valence-electron chi connectivity index (χ2n) is 6.51. The van der Waals surface area contributed by atoms with E-state index in [1.165, 1.54) is 0 Å². The van der Waals surface area contributed by atoms with Crippen LogP contribution in [0.5, 0.6) is 0 Å². The molecule has 1 aromatic carbocycles. The Labute approximate surface area is 166 Å². The lowest BCUT2D eigenvalue weighted by molar-refractivity contribution is -0.121. The highest BCUT2D eigenvalue weighted by Gasteiger charge is 2.18. The van der Waals surface area contributed by atoms with Crippen molar-refractivity contribution in [1.29, 1.82) is 0 Å². The van der Waals surface area contributed by atoms with Crippen LogP contribution in [0, 0.1) is 0 Å². The van der Waals surface area contributed by atoms with E-state index in [2.05, 4.69) is 15.4 Å². The molecule has 1 atom stereocenters. The highest BCUT2D eigenvalue weighted by atomic mass is 35.5. The number of hydrogen-bond acceptors (Lipinski definition) is 5. The molecule has 0 spiro atoms. The molecule has 2 rings (SSSR count). The Hall–Kier alpha value is -0.800. The van der Waals surface area contributed by atoms with Crippen molar-refractivity contribution in [2.45, 2.75) is 44.6 Å². The van der Waals surface area contributed by atoms with Gasteiger partial charge in [0.15, 0.2) is 0 Å². The zero-order valence-electron chi connectivity index (χ0n) is 15.2. The van der Waals surface area contributed by atoms with Crippen molar-refractivity contribution in [3.63, 3.8) is 0 Å². The fourth-order valence-corrected chi connectivity index (χ4v) is 5.16. The lowest BCUT2D eigenvalue weighted by Gasteiger charge is -2.22. The van der Waals surface area contributed by atoms with Gasteiger partial charge in [0.05, 0.1) is 5.75 Å². The summed E-state index contributed by atoms with van der Waals surface area (Å²) in [6.45, 7) is 4.86. The highest BCUT2D eigenvalue weighted by molar-refractivity contribution is 7.99. The number of amides is 1. The van der Waals surface area contributed by atoms with Crippen LogP contribution in [0.3, 0.4) is 0 Å². The molecule has 0 saturated carbocycles. The van der Waals surface area contributed by atoms with Gasteiger partial charge < -0.3 is 10.6 Å². The van der Waals surface area contributed by atoms with E-state index in [1.54, 1.807) is 19.9 Å². The molecule has 1 heterocycles. The Morgan fingerprint density at radius 2 is 2.00 bits per heavy atom. The molecule has 0 aliphatic carbocycles. The minimum atomic E-state index is -3.39. The standard InChI is InChI=1S/C17H27N3O3S2.ClH/c1-13(2)20-25(22,23)12-15-6-4-3-5-14(15)10-19-17(21)9-16-11-24-8-7-18-16;/h3-6,13,16,18,20H,7-12H2,1-2H3,(H,19,21);1H. The molecule has 1 aliphatic heterocycles. The predicted molar refractivity (Wildman–Crippen MR) is 110 cm³/mol. The molecule has 0 radical (unpaired) electrons. The van der Waals surface area contributed by atoms with Crippen molar-refractivity contribution < 1.29 is 13.2 Å². The molecule has 1 fully saturated rings. The molecule has 1 aliphatic rings. The number of benzene rings is 1. The number of hydrogen-bond donors (Lipinski definition) is 3. The molecule has 0 bridgehead atoms. The van der Waals surface area contributed by atoms with Crippen molar-refractivity contribution in [2.75, 3.05) is 18.1 Å². The third-order valence-electron chi connectivity index (χ3n) is 3.79. The van der Waals surface area contributed by atoms with Gasteiger partial charge in [0.1, 0.15) is 0 Å². The summed E-state index contributed by atoms with van der Waals surface area (Å²) in [7, 11) is -3.39. The third kappa shape index (κ3) is 8.26. The molecule has 26 heavy (non-hydrogen) atoms. The quantitative estimate of drug-likeness (QED) is 0.594. The molecular weight excluding hydrogens is 394 g/mol. The van der Waals surface area contributed by atoms with Crippen molar-refractivity contribution in [3.05, 3.63) is 35.4 Å². The number of thioether (sulfide) groups is 1. The number of nitrogens with one attached hydrogen (secondary N) is 3. The first-order valence-corrected chi connectivity index (χ1v) is 11.3. The summed E-state index contributed by atoms with van der Waals surface area (Å²) in [5, 5.41) is 6.25. The summed E-state index contributed by atoms with van der Waals surface area (Å²) < 4.78 is 26.9. The Bertz CT molecular complexity index is 678. The van der Waals surface area contributed by atoms with Crippen LogP contribution >= 0.6 is 24.2 Å². The van der Waals surface area contributed by atoms with Crippen LogP contribution in [0.25, 0.3) is 0 Å². The molecule has 0 aromatic heterocycles. The fourth-order valence-electron chi connectivity index (χ4n) is 2.72. The number of carbonyl (C=O) groups is 1. The summed E-state index contributed by atoms with van der Waals surface area (Å²) in [5.41, 5.74) is 1.54. The molecule has 1 saturated heterocycles. The molecule has 148 valence electrons. The van der Waals surface area contributed by atoms with Gasteiger partial charge in [-0.3, -0.25) is 4.79 Å². The Kier molecular flexibility index (Phi) is 9.95. The Morgan fingerprint density at radius 3 is 2.62 bits per heavy atom. The van der Waals surface area contributed by atoms with Crippen molar-refractivity contribution in [2.24, 2.45) is 0 Å². The van der Waals surface area contributed by atoms with E-state index in [0.717, 1.165) is 23.6 Å². The van der Waals surface area contributed by atoms with Crippen LogP contribution in [0.4, 0.5) is 0 Å². The predicted octanol–water partition coefficient (Wildman–Crippen LogP) is 1.65. The van der Waals surface area contributed by atoms with Gasteiger partial charge in [-0.2, -0.15) is 11.8 Å². The van der Waals surface area contributed by atoms with Gasteiger partial charge in [-0.1, -0.05) is 24.3 Å². The largest absolute Gasteiger partial charge is 0.352 e. The number of halogens is 1. The van der Waals surface area contributed by atoms with Gasteiger partial charge in [-0.05, 0) is 25.0 Å². The summed E-state index contributed by atoms with van der Waals surface area (Å²) in [6.07, 6.45) is 0.447. The molecule has 1 amide bonds. The number of sulfonamides is 1. The minimum Gasteiger partial charge on any atom is -0.352 e. The van der Waals surface area contributed by atoms with E-state index in [0.29, 0.717) is 18.5 Å². The highest BCUT2D eigenvalue weighted by Crippen LogP contribution is 2.13. The van der Waals surface area contributed by atoms with Gasteiger partial charge in [0.2, 0.25) is 15.9 Å². The van der Waals surface area contributed by atoms with E-state index < -0.39 is 10.0 Å². The van der Waals surface area contributed by atoms with Crippen LogP contribution in [-0.2, 0) is 27.1 Å². The zero-order valence-corrected chi connectivity index (χ0v) is 17.6. The van der Waals surface area contributed by atoms with E-state index >= 15 is 0 Å². The van der Waals surface area contributed by atoms with Gasteiger partial charge >= 0.3 is 0 Å². The van der Waals surface area contributed by atoms with Gasteiger partial charge in [-0.15, -0.1) is 12.4 Å². The fraction of sp³-hybridized carbons (Fsp3) is 0.588. The Balaban J connectivity index is 0.00000338. The maximum Gasteiger partial charge on any atom is 0.221 e. The van der Waals surface area contributed by atoms with Gasteiger partial charge in [0.25, 0.3) is 0 Å². The first-order chi connectivity index (χ1) is 11.9. The first-order valence-electron chi connectivity index (χ1n) is 8.50. The maximum absolute atomic E-state index is 12.2. The molecule has 1 unspecified atom stereocenters. The van der Waals surface area contributed by atoms with Crippen molar-refractivity contribution in [1.82, 2.24) is 15.4 Å². The smallest absolute Gasteiger partial charge is 0.221 e. The molecular formula is C17H28ClN3O3S2. The van der Waals surface area contributed by atoms with Crippen LogP contribution in [0.1, 0.15) is 31.4 Å². The molecule has 6 nitrogen and oxygen atoms in total. The van der Waals surface area contributed by atoms with Crippen LogP contribution in [0.15, 0.2) is 24.3 Å². The normalized spacial score (nSPS) is 17.6. The average molecular weight is 422 g/mol. The van der Waals surface area contributed by atoms with E-state index in [4.69, 9.17) is 0 Å². The molecule has 1 aromatic rings. The topological polar surface area (TPSA) is 87.3 Å². The minimum absolute atomic E-state index is 0. The van der Waals surface area contributed by atoms with Gasteiger partial charge in [-0.25, -0.2) is 13.1 Å². The van der Waals surface area contributed by atoms with Gasteiger partial charge in [0, 0.05) is 43.1 Å². The SMILES string of the molecule is CC(C)NS(=O)(=O)Cc1ccccc1CNC(=O)CC1CSCCN1.Cl. The second-order valence-corrected chi connectivity index (χ2v) is 9.41. The van der Waals surface area contributed by atoms with E-state index in [1.807, 2.05) is 30.0 Å². The lowest BCUT2D eigenvalue weighted by Crippen LogP contribution is -2.41. The van der Waals surface area contributed by atoms with Crippen LogP contribution in [0.2, 0.25) is 0 Å². The van der Waals surface area contributed by atoms with Crippen LogP contribution in [-0.4, -0.2) is 44.5 Å². The lowest BCUT2D eigenvalue weighted by atomic mass is 10.1. The summed E-state index contributed by atoms with van der Waals surface area (Å²) in [5.74, 6) is 1.93. The number of rotatable bonds is 8. The third-order valence-corrected chi connectivity index (χ3v) is 6.44. The zero-order chi connectivity index (χ0) is 18.3. The molecule has 3 N–H and O–H groups in total. The Morgan fingerprint density at radius 1 is 1.31 bits per heavy atom. The summed E-state index contributed by atoms with van der Waals surface area (Å²) >= 11 is 1.86. The monoisotopic (exact) mass is 421 g/mol. The maximum atomic E-state index is 12.2. The summed E-state index contributed by atoms with van der Waals surface area (Å²) in [4.78, 5) is 12.1. The summed E-state index contributed by atoms with van der Waals surface area (Å²) in [6, 6.07) is 7.39. The molecule has 9 heteroatoms. The van der Waals surface area contributed by atoms with E-state index in [9.17, 15) is 13.2 Å². The van der Waals surface area contributed by atoms with Crippen molar-refractivity contribution in [3.8, 4) is 0 Å². The number of carbonyl (C=O) groups excluding carboxylic acids is 1. The first kappa shape index (κ1) is 23.2. The van der Waals surface area contributed by atoms with Crippen LogP contribution < -0.4 is 15.4 Å². The second kappa shape index (κ2) is 11.1.